The van der Waals surface area contributed by atoms with E-state index in [1.165, 1.54) is 11.1 Å². The Kier molecular flexibility index (Phi) is 4.63. The smallest absolute Gasteiger partial charge is 0.155 e. The second-order valence-electron chi connectivity index (χ2n) is 6.60. The third-order valence-electron chi connectivity index (χ3n) is 5.32. The average Bonchev–Trinajstić information content (AvgIpc) is 2.68. The highest BCUT2D eigenvalue weighted by Crippen LogP contribution is 2.47. The minimum Gasteiger partial charge on any atom is -0.508 e. The van der Waals surface area contributed by atoms with Gasteiger partial charge in [-0.2, -0.15) is 0 Å². The zero-order chi connectivity index (χ0) is 15.5. The number of hydrogen-bond acceptors (Lipinski definition) is 3. The fraction of sp³-hybridized carbons (Fsp3) is 0.526. The average molecular weight is 300 g/mol. The molecule has 2 aliphatic carbocycles. The van der Waals surface area contributed by atoms with Crippen LogP contribution in [0.1, 0.15) is 50.0 Å². The highest BCUT2D eigenvalue weighted by molar-refractivity contribution is 5.91. The lowest BCUT2D eigenvalue weighted by Crippen LogP contribution is -2.26. The van der Waals surface area contributed by atoms with Crippen molar-refractivity contribution in [3.8, 4) is 5.75 Å². The van der Waals surface area contributed by atoms with E-state index in [0.29, 0.717) is 29.9 Å². The Hall–Kier alpha value is -1.61. The van der Waals surface area contributed by atoms with E-state index in [1.54, 1.807) is 12.1 Å². The first-order chi connectivity index (χ1) is 10.7. The van der Waals surface area contributed by atoms with Gasteiger partial charge in [0.25, 0.3) is 0 Å². The van der Waals surface area contributed by atoms with Crippen LogP contribution in [0.25, 0.3) is 0 Å². The van der Waals surface area contributed by atoms with Gasteiger partial charge in [0, 0.05) is 13.0 Å². The molecule has 0 spiro atoms. The predicted octanol–water partition coefficient (Wildman–Crippen LogP) is 3.56. The van der Waals surface area contributed by atoms with Gasteiger partial charge >= 0.3 is 0 Å². The highest BCUT2D eigenvalue weighted by Gasteiger charge is 2.36. The fourth-order valence-corrected chi connectivity index (χ4v) is 4.32. The number of aliphatic hydroxyl groups is 1. The molecular weight excluding hydrogens is 276 g/mol. The largest absolute Gasteiger partial charge is 0.508 e. The monoisotopic (exact) mass is 300 g/mol. The summed E-state index contributed by atoms with van der Waals surface area (Å²) in [6.45, 7) is 0.191. The van der Waals surface area contributed by atoms with E-state index >= 15 is 0 Å². The van der Waals surface area contributed by atoms with Crippen molar-refractivity contribution in [1.82, 2.24) is 0 Å². The number of rotatable bonds is 3. The quantitative estimate of drug-likeness (QED) is 0.897. The summed E-state index contributed by atoms with van der Waals surface area (Å²) in [5.41, 5.74) is 2.55. The summed E-state index contributed by atoms with van der Waals surface area (Å²) in [5, 5.41) is 19.0. The van der Waals surface area contributed by atoms with Crippen LogP contribution in [-0.4, -0.2) is 22.6 Å². The molecule has 1 aromatic carbocycles. The van der Waals surface area contributed by atoms with Crippen molar-refractivity contribution in [2.24, 2.45) is 11.8 Å². The minimum atomic E-state index is 0.191. The Morgan fingerprint density at radius 2 is 1.82 bits per heavy atom. The number of allylic oxidation sites excluding steroid dienone is 2. The minimum absolute atomic E-state index is 0.191. The van der Waals surface area contributed by atoms with Crippen molar-refractivity contribution < 1.29 is 15.0 Å². The molecule has 0 heterocycles. The van der Waals surface area contributed by atoms with Gasteiger partial charge in [0.15, 0.2) is 5.78 Å². The number of benzene rings is 1. The van der Waals surface area contributed by atoms with E-state index in [4.69, 9.17) is 0 Å². The van der Waals surface area contributed by atoms with Crippen LogP contribution >= 0.6 is 0 Å². The molecule has 0 aliphatic heterocycles. The van der Waals surface area contributed by atoms with Crippen LogP contribution in [-0.2, 0) is 4.79 Å². The van der Waals surface area contributed by atoms with Crippen molar-refractivity contribution in [2.75, 3.05) is 6.61 Å². The first kappa shape index (κ1) is 15.3. The van der Waals surface area contributed by atoms with Gasteiger partial charge in [0.05, 0.1) is 0 Å². The molecule has 0 aromatic heterocycles. The molecular formula is C19H24O3. The summed E-state index contributed by atoms with van der Waals surface area (Å²) < 4.78 is 0. The number of fused-ring (bicyclic) bond motifs is 1. The molecule has 1 saturated carbocycles. The maximum Gasteiger partial charge on any atom is 0.155 e. The molecule has 3 nitrogen and oxygen atoms in total. The molecule has 22 heavy (non-hydrogen) atoms. The van der Waals surface area contributed by atoms with E-state index < -0.39 is 0 Å². The Morgan fingerprint density at radius 1 is 1.05 bits per heavy atom. The van der Waals surface area contributed by atoms with Crippen LogP contribution in [0.2, 0.25) is 0 Å². The zero-order valence-electron chi connectivity index (χ0n) is 12.9. The van der Waals surface area contributed by atoms with Gasteiger partial charge < -0.3 is 10.2 Å². The van der Waals surface area contributed by atoms with Gasteiger partial charge in [-0.3, -0.25) is 4.79 Å². The number of carbonyl (C=O) groups excluding carboxylic acids is 1. The third-order valence-corrected chi connectivity index (χ3v) is 5.32. The molecule has 3 atom stereocenters. The summed E-state index contributed by atoms with van der Waals surface area (Å²) in [6.07, 6.45) is 7.38. The second kappa shape index (κ2) is 6.66. The van der Waals surface area contributed by atoms with Crippen molar-refractivity contribution in [1.29, 1.82) is 0 Å². The summed E-state index contributed by atoms with van der Waals surface area (Å²) in [5.74, 6) is 1.76. The number of phenolic OH excluding ortho intramolecular Hbond substituents is 1. The van der Waals surface area contributed by atoms with E-state index in [2.05, 4.69) is 0 Å². The lowest BCUT2D eigenvalue weighted by Gasteiger charge is -2.34. The van der Waals surface area contributed by atoms with E-state index in [-0.39, 0.29) is 12.4 Å². The highest BCUT2D eigenvalue weighted by atomic mass is 16.3. The Bertz CT molecular complexity index is 559. The zero-order valence-corrected chi connectivity index (χ0v) is 12.9. The van der Waals surface area contributed by atoms with Crippen LogP contribution in [0.3, 0.4) is 0 Å². The molecule has 0 bridgehead atoms. The molecule has 1 fully saturated rings. The molecule has 2 aliphatic rings. The molecule has 2 N–H and O–H groups in total. The number of aliphatic hydroxyl groups excluding tert-OH is 1. The van der Waals surface area contributed by atoms with Gasteiger partial charge in [-0.1, -0.05) is 17.7 Å². The van der Waals surface area contributed by atoms with Gasteiger partial charge in [-0.15, -0.1) is 0 Å². The third kappa shape index (κ3) is 3.09. The van der Waals surface area contributed by atoms with Crippen molar-refractivity contribution in [3.05, 3.63) is 41.5 Å². The maximum atomic E-state index is 11.7. The lowest BCUT2D eigenvalue weighted by molar-refractivity contribution is -0.115. The standard InChI is InChI=1S/C19H24O3/c20-11-10-19-17(13-4-6-15(21)7-5-13)3-1-2-14-12-16(22)8-9-18(14)19/h4-7,12,17-21H,1-3,8-11H2. The molecule has 1 aromatic rings. The molecule has 3 heteroatoms. The fourth-order valence-electron chi connectivity index (χ4n) is 4.32. The van der Waals surface area contributed by atoms with Crippen LogP contribution in [0.5, 0.6) is 5.75 Å². The number of aromatic hydroxyl groups is 1. The van der Waals surface area contributed by atoms with E-state index in [9.17, 15) is 15.0 Å². The number of carbonyl (C=O) groups is 1. The maximum absolute atomic E-state index is 11.7. The molecule has 0 saturated heterocycles. The summed E-state index contributed by atoms with van der Waals surface area (Å²) >= 11 is 0. The molecule has 3 rings (SSSR count). The first-order valence-electron chi connectivity index (χ1n) is 8.32. The topological polar surface area (TPSA) is 57.5 Å². The predicted molar refractivity (Wildman–Crippen MR) is 85.7 cm³/mol. The van der Waals surface area contributed by atoms with Gasteiger partial charge in [0.2, 0.25) is 0 Å². The lowest BCUT2D eigenvalue weighted by atomic mass is 9.70. The first-order valence-corrected chi connectivity index (χ1v) is 8.32. The van der Waals surface area contributed by atoms with E-state index in [0.717, 1.165) is 32.1 Å². The van der Waals surface area contributed by atoms with E-state index in [1.807, 2.05) is 18.2 Å². The number of phenols is 1. The summed E-state index contributed by atoms with van der Waals surface area (Å²) in [7, 11) is 0. The van der Waals surface area contributed by atoms with Crippen LogP contribution < -0.4 is 0 Å². The van der Waals surface area contributed by atoms with Crippen molar-refractivity contribution in [2.45, 2.75) is 44.4 Å². The van der Waals surface area contributed by atoms with Crippen LogP contribution in [0.15, 0.2) is 35.9 Å². The summed E-state index contributed by atoms with van der Waals surface area (Å²) in [6, 6.07) is 7.51. The molecule has 0 radical (unpaired) electrons. The van der Waals surface area contributed by atoms with Crippen LogP contribution in [0.4, 0.5) is 0 Å². The van der Waals surface area contributed by atoms with Crippen molar-refractivity contribution in [3.63, 3.8) is 0 Å². The SMILES string of the molecule is O=C1C=C2CCCC(c3ccc(O)cc3)C(CCO)C2CC1. The van der Waals surface area contributed by atoms with Gasteiger partial charge in [-0.05, 0) is 73.6 Å². The normalized spacial score (nSPS) is 28.7. The van der Waals surface area contributed by atoms with Gasteiger partial charge in [-0.25, -0.2) is 0 Å². The van der Waals surface area contributed by atoms with Gasteiger partial charge in [0.1, 0.15) is 5.75 Å². The Morgan fingerprint density at radius 3 is 2.55 bits per heavy atom. The van der Waals surface area contributed by atoms with Crippen molar-refractivity contribution >= 4 is 5.78 Å². The number of hydrogen-bond donors (Lipinski definition) is 2. The number of ketones is 1. The Labute approximate surface area is 131 Å². The molecule has 3 unspecified atom stereocenters. The molecule has 0 amide bonds. The Balaban J connectivity index is 1.93. The van der Waals surface area contributed by atoms with Crippen LogP contribution in [0, 0.1) is 11.8 Å². The summed E-state index contributed by atoms with van der Waals surface area (Å²) in [4.78, 5) is 11.7. The molecule has 118 valence electrons. The second-order valence-corrected chi connectivity index (χ2v) is 6.60.